The summed E-state index contributed by atoms with van der Waals surface area (Å²) in [5.41, 5.74) is 2.05. The van der Waals surface area contributed by atoms with Gasteiger partial charge in [0.05, 0.1) is 0 Å². The van der Waals surface area contributed by atoms with Crippen LogP contribution in [0.4, 0.5) is 0 Å². The summed E-state index contributed by atoms with van der Waals surface area (Å²) in [5.74, 6) is 0.0700. The Morgan fingerprint density at radius 3 is 2.69 bits per heavy atom. The summed E-state index contributed by atoms with van der Waals surface area (Å²) in [6, 6.07) is 3.94. The van der Waals surface area contributed by atoms with Crippen LogP contribution >= 0.6 is 0 Å². The van der Waals surface area contributed by atoms with E-state index in [4.69, 9.17) is 0 Å². The van der Waals surface area contributed by atoms with E-state index in [0.29, 0.717) is 6.54 Å². The lowest BCUT2D eigenvalue weighted by molar-refractivity contribution is -0.128. The number of aromatic nitrogens is 1. The Hall–Kier alpha value is -1.38. The van der Waals surface area contributed by atoms with Crippen LogP contribution in [-0.4, -0.2) is 22.8 Å². The molecule has 1 aromatic heterocycles. The number of pyridine rings is 1. The molecule has 1 rings (SSSR count). The summed E-state index contributed by atoms with van der Waals surface area (Å²) >= 11 is 0. The maximum atomic E-state index is 10.9. The van der Waals surface area contributed by atoms with Gasteiger partial charge < -0.3 is 4.90 Å². The van der Waals surface area contributed by atoms with E-state index in [1.807, 2.05) is 19.1 Å². The highest BCUT2D eigenvalue weighted by Gasteiger charge is 2.02. The molecule has 13 heavy (non-hydrogen) atoms. The first kappa shape index (κ1) is 9.71. The SMILES string of the molecule is CC(=O)N(C)Cc1ccc(C)nc1. The molecule has 0 aromatic carbocycles. The average Bonchev–Trinajstić information content (AvgIpc) is 2.08. The van der Waals surface area contributed by atoms with Gasteiger partial charge in [-0.3, -0.25) is 9.78 Å². The Bertz CT molecular complexity index is 292. The van der Waals surface area contributed by atoms with Crippen LogP contribution in [0.15, 0.2) is 18.3 Å². The van der Waals surface area contributed by atoms with Gasteiger partial charge in [0.1, 0.15) is 0 Å². The summed E-state index contributed by atoms with van der Waals surface area (Å²) in [7, 11) is 1.78. The van der Waals surface area contributed by atoms with Gasteiger partial charge in [0.2, 0.25) is 5.91 Å². The van der Waals surface area contributed by atoms with Gasteiger partial charge in [0, 0.05) is 32.4 Å². The molecule has 0 radical (unpaired) electrons. The van der Waals surface area contributed by atoms with Crippen molar-refractivity contribution in [1.82, 2.24) is 9.88 Å². The van der Waals surface area contributed by atoms with Gasteiger partial charge in [-0.25, -0.2) is 0 Å². The molecular weight excluding hydrogens is 164 g/mol. The van der Waals surface area contributed by atoms with Crippen LogP contribution in [0.1, 0.15) is 18.2 Å². The molecule has 0 N–H and O–H groups in total. The first-order valence-corrected chi connectivity index (χ1v) is 4.23. The molecule has 0 fully saturated rings. The fourth-order valence-corrected chi connectivity index (χ4v) is 0.977. The largest absolute Gasteiger partial charge is 0.342 e. The fraction of sp³-hybridized carbons (Fsp3) is 0.400. The van der Waals surface area contributed by atoms with E-state index >= 15 is 0 Å². The highest BCUT2D eigenvalue weighted by atomic mass is 16.2. The molecule has 1 aromatic rings. The lowest BCUT2D eigenvalue weighted by Gasteiger charge is -2.14. The van der Waals surface area contributed by atoms with Crippen molar-refractivity contribution in [2.45, 2.75) is 20.4 Å². The van der Waals surface area contributed by atoms with Crippen LogP contribution in [0.2, 0.25) is 0 Å². The second-order valence-electron chi connectivity index (χ2n) is 3.18. The van der Waals surface area contributed by atoms with E-state index in [-0.39, 0.29) is 5.91 Å². The van der Waals surface area contributed by atoms with Crippen molar-refractivity contribution in [3.05, 3.63) is 29.6 Å². The molecule has 0 aliphatic carbocycles. The number of amides is 1. The molecule has 3 nitrogen and oxygen atoms in total. The van der Waals surface area contributed by atoms with Crippen molar-refractivity contribution < 1.29 is 4.79 Å². The van der Waals surface area contributed by atoms with Crippen LogP contribution in [0, 0.1) is 6.92 Å². The zero-order valence-corrected chi connectivity index (χ0v) is 8.24. The number of aryl methyl sites for hydroxylation is 1. The normalized spacial score (nSPS) is 9.77. The summed E-state index contributed by atoms with van der Waals surface area (Å²) in [6.45, 7) is 4.13. The quantitative estimate of drug-likeness (QED) is 0.685. The Kier molecular flexibility index (Phi) is 3.01. The second-order valence-corrected chi connectivity index (χ2v) is 3.18. The molecule has 0 spiro atoms. The molecule has 1 amide bonds. The maximum absolute atomic E-state index is 10.9. The maximum Gasteiger partial charge on any atom is 0.219 e. The highest BCUT2D eigenvalue weighted by Crippen LogP contribution is 2.02. The number of hydrogen-bond donors (Lipinski definition) is 0. The minimum atomic E-state index is 0.0700. The smallest absolute Gasteiger partial charge is 0.219 e. The van der Waals surface area contributed by atoms with Crippen molar-refractivity contribution in [1.29, 1.82) is 0 Å². The molecule has 0 aliphatic rings. The summed E-state index contributed by atoms with van der Waals surface area (Å²) in [6.07, 6.45) is 1.80. The van der Waals surface area contributed by atoms with Crippen molar-refractivity contribution in [2.75, 3.05) is 7.05 Å². The zero-order valence-electron chi connectivity index (χ0n) is 8.24. The topological polar surface area (TPSA) is 33.2 Å². The summed E-state index contributed by atoms with van der Waals surface area (Å²) in [5, 5.41) is 0. The standard InChI is InChI=1S/C10H14N2O/c1-8-4-5-10(6-11-8)7-12(3)9(2)13/h4-6H,7H2,1-3H3. The van der Waals surface area contributed by atoms with E-state index < -0.39 is 0 Å². The molecule has 0 unspecified atom stereocenters. The Morgan fingerprint density at radius 2 is 2.23 bits per heavy atom. The first-order valence-electron chi connectivity index (χ1n) is 4.23. The van der Waals surface area contributed by atoms with Gasteiger partial charge in [-0.1, -0.05) is 6.07 Å². The lowest BCUT2D eigenvalue weighted by Crippen LogP contribution is -2.23. The monoisotopic (exact) mass is 178 g/mol. The Balaban J connectivity index is 2.64. The summed E-state index contributed by atoms with van der Waals surface area (Å²) in [4.78, 5) is 16.7. The van der Waals surface area contributed by atoms with Crippen LogP contribution in [-0.2, 0) is 11.3 Å². The number of hydrogen-bond acceptors (Lipinski definition) is 2. The van der Waals surface area contributed by atoms with Crippen molar-refractivity contribution >= 4 is 5.91 Å². The number of carbonyl (C=O) groups excluding carboxylic acids is 1. The molecule has 0 aliphatic heterocycles. The minimum Gasteiger partial charge on any atom is -0.342 e. The molecule has 0 saturated heterocycles. The predicted molar refractivity (Wildman–Crippen MR) is 51.1 cm³/mol. The third-order valence-corrected chi connectivity index (χ3v) is 1.93. The van der Waals surface area contributed by atoms with Gasteiger partial charge in [0.25, 0.3) is 0 Å². The van der Waals surface area contributed by atoms with Crippen molar-refractivity contribution in [3.8, 4) is 0 Å². The molecule has 0 bridgehead atoms. The minimum absolute atomic E-state index is 0.0700. The van der Waals surface area contributed by atoms with Gasteiger partial charge in [0.15, 0.2) is 0 Å². The highest BCUT2D eigenvalue weighted by molar-refractivity contribution is 5.72. The second kappa shape index (κ2) is 4.03. The van der Waals surface area contributed by atoms with E-state index in [1.54, 1.807) is 25.1 Å². The zero-order chi connectivity index (χ0) is 9.84. The first-order chi connectivity index (χ1) is 6.09. The van der Waals surface area contributed by atoms with Gasteiger partial charge in [-0.2, -0.15) is 0 Å². The van der Waals surface area contributed by atoms with Crippen LogP contribution in [0.5, 0.6) is 0 Å². The van der Waals surface area contributed by atoms with E-state index in [2.05, 4.69) is 4.98 Å². The molecule has 70 valence electrons. The summed E-state index contributed by atoms with van der Waals surface area (Å²) < 4.78 is 0. The van der Waals surface area contributed by atoms with Crippen LogP contribution in [0.3, 0.4) is 0 Å². The molecular formula is C10H14N2O. The Morgan fingerprint density at radius 1 is 1.54 bits per heavy atom. The van der Waals surface area contributed by atoms with E-state index in [9.17, 15) is 4.79 Å². The molecule has 0 atom stereocenters. The third-order valence-electron chi connectivity index (χ3n) is 1.93. The fourth-order valence-electron chi connectivity index (χ4n) is 0.977. The number of carbonyl (C=O) groups is 1. The van der Waals surface area contributed by atoms with Crippen LogP contribution < -0.4 is 0 Å². The van der Waals surface area contributed by atoms with E-state index in [0.717, 1.165) is 11.3 Å². The lowest BCUT2D eigenvalue weighted by atomic mass is 10.2. The average molecular weight is 178 g/mol. The van der Waals surface area contributed by atoms with Gasteiger partial charge in [-0.15, -0.1) is 0 Å². The third kappa shape index (κ3) is 2.86. The van der Waals surface area contributed by atoms with Gasteiger partial charge in [-0.05, 0) is 18.6 Å². The number of nitrogens with zero attached hydrogens (tertiary/aromatic N) is 2. The van der Waals surface area contributed by atoms with Crippen molar-refractivity contribution in [3.63, 3.8) is 0 Å². The van der Waals surface area contributed by atoms with Crippen LogP contribution in [0.25, 0.3) is 0 Å². The van der Waals surface area contributed by atoms with E-state index in [1.165, 1.54) is 0 Å². The molecule has 1 heterocycles. The molecule has 3 heteroatoms. The van der Waals surface area contributed by atoms with Gasteiger partial charge >= 0.3 is 0 Å². The predicted octanol–water partition coefficient (Wildman–Crippen LogP) is 1.37. The Labute approximate surface area is 78.4 Å². The van der Waals surface area contributed by atoms with Crippen molar-refractivity contribution in [2.24, 2.45) is 0 Å². The molecule has 0 saturated carbocycles. The number of rotatable bonds is 2.